The standard InChI is InChI=1S/C16H20N4O/c1-13-7-11-19(12-8-13)16(21)18-14-5-2-3-6-15(14)20-10-4-9-17-20/h2-6,9-10,13H,7-8,11-12H2,1H3,(H,18,21). The van der Waals surface area contributed by atoms with Crippen LogP contribution in [0.25, 0.3) is 5.69 Å². The van der Waals surface area contributed by atoms with Crippen LogP contribution in [0.2, 0.25) is 0 Å². The highest BCUT2D eigenvalue weighted by molar-refractivity contribution is 5.91. The van der Waals surface area contributed by atoms with Gasteiger partial charge in [0.2, 0.25) is 0 Å². The van der Waals surface area contributed by atoms with Gasteiger partial charge in [0.15, 0.2) is 0 Å². The molecule has 1 fully saturated rings. The lowest BCUT2D eigenvalue weighted by atomic mass is 10.00. The number of hydrogen-bond acceptors (Lipinski definition) is 2. The molecule has 1 N–H and O–H groups in total. The molecule has 0 radical (unpaired) electrons. The van der Waals surface area contributed by atoms with E-state index in [4.69, 9.17) is 0 Å². The number of carbonyl (C=O) groups excluding carboxylic acids is 1. The van der Waals surface area contributed by atoms with Crippen LogP contribution >= 0.6 is 0 Å². The van der Waals surface area contributed by atoms with Crippen molar-refractivity contribution in [1.82, 2.24) is 14.7 Å². The molecule has 5 nitrogen and oxygen atoms in total. The maximum Gasteiger partial charge on any atom is 0.321 e. The molecule has 0 aliphatic carbocycles. The molecule has 1 saturated heterocycles. The second-order valence-corrected chi connectivity index (χ2v) is 5.57. The van der Waals surface area contributed by atoms with Gasteiger partial charge in [-0.3, -0.25) is 0 Å². The lowest BCUT2D eigenvalue weighted by Crippen LogP contribution is -2.40. The number of aromatic nitrogens is 2. The highest BCUT2D eigenvalue weighted by Crippen LogP contribution is 2.21. The molecule has 2 aromatic rings. The number of nitrogens with one attached hydrogen (secondary N) is 1. The van der Waals surface area contributed by atoms with Crippen LogP contribution in [0.3, 0.4) is 0 Å². The predicted octanol–water partition coefficient (Wildman–Crippen LogP) is 3.14. The minimum Gasteiger partial charge on any atom is -0.325 e. The molecule has 3 rings (SSSR count). The fourth-order valence-corrected chi connectivity index (χ4v) is 2.60. The summed E-state index contributed by atoms with van der Waals surface area (Å²) in [6, 6.07) is 9.55. The fraction of sp³-hybridized carbons (Fsp3) is 0.375. The molecule has 0 saturated carbocycles. The highest BCUT2D eigenvalue weighted by Gasteiger charge is 2.20. The Bertz CT molecular complexity index is 600. The third-order valence-corrected chi connectivity index (χ3v) is 3.97. The number of likely N-dealkylation sites (tertiary alicyclic amines) is 1. The quantitative estimate of drug-likeness (QED) is 0.921. The molecule has 1 aliphatic heterocycles. The Morgan fingerprint density at radius 3 is 2.71 bits per heavy atom. The summed E-state index contributed by atoms with van der Waals surface area (Å²) < 4.78 is 1.76. The van der Waals surface area contributed by atoms with Crippen LogP contribution in [0, 0.1) is 5.92 Å². The summed E-state index contributed by atoms with van der Waals surface area (Å²) in [5.41, 5.74) is 1.66. The summed E-state index contributed by atoms with van der Waals surface area (Å²) >= 11 is 0. The second kappa shape index (κ2) is 5.99. The molecule has 1 aromatic carbocycles. The number of benzene rings is 1. The fourth-order valence-electron chi connectivity index (χ4n) is 2.60. The maximum atomic E-state index is 12.4. The Balaban J connectivity index is 1.75. The van der Waals surface area contributed by atoms with E-state index in [1.54, 1.807) is 10.9 Å². The number of anilines is 1. The molecule has 1 aliphatic rings. The number of piperidine rings is 1. The van der Waals surface area contributed by atoms with Crippen LogP contribution in [0.15, 0.2) is 42.7 Å². The lowest BCUT2D eigenvalue weighted by molar-refractivity contribution is 0.186. The van der Waals surface area contributed by atoms with Gasteiger partial charge in [-0.15, -0.1) is 0 Å². The topological polar surface area (TPSA) is 50.2 Å². The lowest BCUT2D eigenvalue weighted by Gasteiger charge is -2.30. The minimum atomic E-state index is -0.0264. The van der Waals surface area contributed by atoms with Gasteiger partial charge in [-0.1, -0.05) is 19.1 Å². The Hall–Kier alpha value is -2.30. The maximum absolute atomic E-state index is 12.4. The highest BCUT2D eigenvalue weighted by atomic mass is 16.2. The number of rotatable bonds is 2. The molecule has 0 spiro atoms. The van der Waals surface area contributed by atoms with Gasteiger partial charge < -0.3 is 10.2 Å². The molecule has 1 aromatic heterocycles. The number of hydrogen-bond donors (Lipinski definition) is 1. The van der Waals surface area contributed by atoms with Crippen molar-refractivity contribution in [2.75, 3.05) is 18.4 Å². The van der Waals surface area contributed by atoms with Crippen molar-refractivity contribution >= 4 is 11.7 Å². The zero-order valence-corrected chi connectivity index (χ0v) is 12.2. The normalized spacial score (nSPS) is 16.0. The summed E-state index contributed by atoms with van der Waals surface area (Å²) in [7, 11) is 0. The van der Waals surface area contributed by atoms with Gasteiger partial charge in [0.1, 0.15) is 0 Å². The molecular weight excluding hydrogens is 264 g/mol. The summed E-state index contributed by atoms with van der Waals surface area (Å²) in [6.07, 6.45) is 5.75. The average Bonchev–Trinajstić information content (AvgIpc) is 3.02. The van der Waals surface area contributed by atoms with Gasteiger partial charge in [0.25, 0.3) is 0 Å². The van der Waals surface area contributed by atoms with Gasteiger partial charge in [0, 0.05) is 25.5 Å². The van der Waals surface area contributed by atoms with Gasteiger partial charge in [-0.05, 0) is 37.0 Å². The van der Waals surface area contributed by atoms with Gasteiger partial charge in [-0.2, -0.15) is 5.10 Å². The molecule has 5 heteroatoms. The van der Waals surface area contributed by atoms with E-state index in [0.717, 1.165) is 37.3 Å². The number of amides is 2. The zero-order chi connectivity index (χ0) is 14.7. The molecule has 0 bridgehead atoms. The van der Waals surface area contributed by atoms with Gasteiger partial charge in [0.05, 0.1) is 11.4 Å². The zero-order valence-electron chi connectivity index (χ0n) is 12.2. The number of carbonyl (C=O) groups is 1. The van der Waals surface area contributed by atoms with E-state index in [-0.39, 0.29) is 6.03 Å². The van der Waals surface area contributed by atoms with E-state index < -0.39 is 0 Å². The van der Waals surface area contributed by atoms with Crippen LogP contribution in [-0.2, 0) is 0 Å². The minimum absolute atomic E-state index is 0.0264. The molecule has 2 amide bonds. The first-order valence-electron chi connectivity index (χ1n) is 7.39. The van der Waals surface area contributed by atoms with Crippen molar-refractivity contribution in [3.8, 4) is 5.69 Å². The molecule has 2 heterocycles. The Labute approximate surface area is 124 Å². The van der Waals surface area contributed by atoms with E-state index in [0.29, 0.717) is 5.92 Å². The molecular formula is C16H20N4O. The third kappa shape index (κ3) is 3.07. The van der Waals surface area contributed by atoms with E-state index >= 15 is 0 Å². The van der Waals surface area contributed by atoms with Gasteiger partial charge in [-0.25, -0.2) is 9.48 Å². The summed E-state index contributed by atoms with van der Waals surface area (Å²) in [6.45, 7) is 3.90. The number of urea groups is 1. The summed E-state index contributed by atoms with van der Waals surface area (Å²) in [5, 5.41) is 7.24. The molecule has 21 heavy (non-hydrogen) atoms. The van der Waals surface area contributed by atoms with Gasteiger partial charge >= 0.3 is 6.03 Å². The first-order valence-corrected chi connectivity index (χ1v) is 7.39. The largest absolute Gasteiger partial charge is 0.325 e. The van der Waals surface area contributed by atoms with E-state index in [9.17, 15) is 4.79 Å². The predicted molar refractivity (Wildman–Crippen MR) is 82.6 cm³/mol. The first kappa shape index (κ1) is 13.7. The van der Waals surface area contributed by atoms with Crippen molar-refractivity contribution in [3.63, 3.8) is 0 Å². The van der Waals surface area contributed by atoms with Crippen molar-refractivity contribution < 1.29 is 4.79 Å². The second-order valence-electron chi connectivity index (χ2n) is 5.57. The monoisotopic (exact) mass is 284 g/mol. The van der Waals surface area contributed by atoms with Crippen molar-refractivity contribution in [2.24, 2.45) is 5.92 Å². The smallest absolute Gasteiger partial charge is 0.321 e. The van der Waals surface area contributed by atoms with E-state index in [1.165, 1.54) is 0 Å². The molecule has 0 atom stereocenters. The first-order chi connectivity index (χ1) is 10.2. The third-order valence-electron chi connectivity index (χ3n) is 3.97. The van der Waals surface area contributed by atoms with Crippen molar-refractivity contribution in [1.29, 1.82) is 0 Å². The Morgan fingerprint density at radius 1 is 1.24 bits per heavy atom. The Kier molecular flexibility index (Phi) is 3.90. The molecule has 0 unspecified atom stereocenters. The van der Waals surface area contributed by atoms with Crippen LogP contribution in [-0.4, -0.2) is 33.8 Å². The Morgan fingerprint density at radius 2 is 2.00 bits per heavy atom. The van der Waals surface area contributed by atoms with Crippen LogP contribution < -0.4 is 5.32 Å². The van der Waals surface area contributed by atoms with Crippen molar-refractivity contribution in [3.05, 3.63) is 42.7 Å². The summed E-state index contributed by atoms with van der Waals surface area (Å²) in [4.78, 5) is 14.3. The number of nitrogens with zero attached hydrogens (tertiary/aromatic N) is 3. The summed E-state index contributed by atoms with van der Waals surface area (Å²) in [5.74, 6) is 0.713. The average molecular weight is 284 g/mol. The van der Waals surface area contributed by atoms with E-state index in [1.807, 2.05) is 41.4 Å². The van der Waals surface area contributed by atoms with Crippen LogP contribution in [0.1, 0.15) is 19.8 Å². The number of para-hydroxylation sites is 2. The van der Waals surface area contributed by atoms with Crippen LogP contribution in [0.4, 0.5) is 10.5 Å². The van der Waals surface area contributed by atoms with Crippen LogP contribution in [0.5, 0.6) is 0 Å². The van der Waals surface area contributed by atoms with E-state index in [2.05, 4.69) is 17.3 Å². The van der Waals surface area contributed by atoms with Crippen molar-refractivity contribution in [2.45, 2.75) is 19.8 Å². The molecule has 110 valence electrons. The SMILES string of the molecule is CC1CCN(C(=O)Nc2ccccc2-n2cccn2)CC1.